The first kappa shape index (κ1) is 26.0. The van der Waals surface area contributed by atoms with Crippen LogP contribution >= 0.6 is 0 Å². The highest BCUT2D eigenvalue weighted by molar-refractivity contribution is 5.35. The molecule has 4 fully saturated rings. The van der Waals surface area contributed by atoms with Crippen molar-refractivity contribution in [3.8, 4) is 0 Å². The summed E-state index contributed by atoms with van der Waals surface area (Å²) < 4.78 is 12.7. The number of aliphatic hydroxyl groups excluding tert-OH is 1. The van der Waals surface area contributed by atoms with Crippen LogP contribution in [0.25, 0.3) is 0 Å². The summed E-state index contributed by atoms with van der Waals surface area (Å²) in [4.78, 5) is 0. The lowest BCUT2D eigenvalue weighted by Crippen LogP contribution is -2.65. The summed E-state index contributed by atoms with van der Waals surface area (Å²) in [5.74, 6) is 2.51. The van der Waals surface area contributed by atoms with Gasteiger partial charge in [-0.1, -0.05) is 58.9 Å². The maximum Gasteiger partial charge on any atom is 0.0976 e. The third kappa shape index (κ3) is 3.13. The van der Waals surface area contributed by atoms with Crippen molar-refractivity contribution in [1.82, 2.24) is 0 Å². The van der Waals surface area contributed by atoms with Crippen molar-refractivity contribution in [2.45, 2.75) is 124 Å². The predicted molar refractivity (Wildman–Crippen MR) is 143 cm³/mol. The minimum absolute atomic E-state index is 0.190. The van der Waals surface area contributed by atoms with E-state index in [4.69, 9.17) is 9.47 Å². The fraction of sp³-hybridized carbons (Fsp3) is 0.875. The molecule has 3 heteroatoms. The van der Waals surface area contributed by atoms with Crippen LogP contribution in [0.1, 0.15) is 100 Å². The summed E-state index contributed by atoms with van der Waals surface area (Å²) in [6.07, 6.45) is 18.0. The van der Waals surface area contributed by atoms with Gasteiger partial charge in [0.05, 0.1) is 23.4 Å². The van der Waals surface area contributed by atoms with E-state index in [2.05, 4.69) is 79.7 Å². The molecule has 0 aromatic carbocycles. The molecule has 5 rings (SSSR count). The maximum atomic E-state index is 11.0. The average molecular weight is 485 g/mol. The largest absolute Gasteiger partial charge is 0.392 e. The second-order valence-electron chi connectivity index (χ2n) is 14.8. The van der Waals surface area contributed by atoms with Gasteiger partial charge >= 0.3 is 0 Å². The molecule has 198 valence electrons. The van der Waals surface area contributed by atoms with Gasteiger partial charge in [0, 0.05) is 23.9 Å². The van der Waals surface area contributed by atoms with Crippen molar-refractivity contribution in [2.75, 3.05) is 7.11 Å². The van der Waals surface area contributed by atoms with E-state index in [-0.39, 0.29) is 34.2 Å². The first-order valence-electron chi connectivity index (χ1n) is 14.5. The molecule has 1 unspecified atom stereocenters. The van der Waals surface area contributed by atoms with Gasteiger partial charge < -0.3 is 14.6 Å². The number of hydrogen-bond donors (Lipinski definition) is 1. The minimum atomic E-state index is -0.311. The van der Waals surface area contributed by atoms with Crippen LogP contribution < -0.4 is 0 Å². The highest BCUT2D eigenvalue weighted by atomic mass is 16.5. The number of hydrogen-bond acceptors (Lipinski definition) is 3. The van der Waals surface area contributed by atoms with E-state index < -0.39 is 0 Å². The number of allylic oxidation sites excluding steroid dienone is 2. The normalized spacial score (nSPS) is 51.2. The molecule has 0 amide bonds. The molecule has 1 N–H and O–H groups in total. The molecule has 0 aromatic heterocycles. The van der Waals surface area contributed by atoms with Gasteiger partial charge in [-0.05, 0) is 94.3 Å². The van der Waals surface area contributed by atoms with Crippen LogP contribution in [0.4, 0.5) is 0 Å². The summed E-state index contributed by atoms with van der Waals surface area (Å²) >= 11 is 0. The first-order valence-corrected chi connectivity index (χ1v) is 14.5. The van der Waals surface area contributed by atoms with Gasteiger partial charge in [0.1, 0.15) is 0 Å². The second kappa shape index (κ2) is 7.93. The van der Waals surface area contributed by atoms with E-state index in [1.165, 1.54) is 25.7 Å². The smallest absolute Gasteiger partial charge is 0.0976 e. The number of methoxy groups -OCH3 is 1. The first-order chi connectivity index (χ1) is 16.2. The Balaban J connectivity index is 1.47. The van der Waals surface area contributed by atoms with Crippen molar-refractivity contribution >= 4 is 0 Å². The summed E-state index contributed by atoms with van der Waals surface area (Å²) in [6, 6.07) is 0. The zero-order chi connectivity index (χ0) is 25.7. The van der Waals surface area contributed by atoms with Crippen molar-refractivity contribution in [3.05, 3.63) is 24.3 Å². The van der Waals surface area contributed by atoms with Gasteiger partial charge in [-0.25, -0.2) is 0 Å². The molecule has 1 aliphatic heterocycles. The fourth-order valence-electron chi connectivity index (χ4n) is 10.4. The molecular weight excluding hydrogens is 432 g/mol. The Bertz CT molecular complexity index is 902. The van der Waals surface area contributed by atoms with Crippen molar-refractivity contribution in [3.63, 3.8) is 0 Å². The SMILES string of the molecule is COC(C)(C)/C=C/C[C@@H](C)[C@H]1CC[C@@]2(C)[C@@H]3C=C[C@@]45OC(C)[C@]3(CC[C@]12C)[C@@H]4CC[C@H](O)C5(C)C. The lowest BCUT2D eigenvalue weighted by atomic mass is 9.37. The Morgan fingerprint density at radius 2 is 1.80 bits per heavy atom. The van der Waals surface area contributed by atoms with Gasteiger partial charge in [-0.3, -0.25) is 0 Å². The van der Waals surface area contributed by atoms with Crippen molar-refractivity contribution < 1.29 is 14.6 Å². The Hall–Kier alpha value is -0.640. The Kier molecular flexibility index (Phi) is 5.89. The zero-order valence-electron chi connectivity index (χ0n) is 24.0. The number of rotatable bonds is 5. The van der Waals surface area contributed by atoms with Crippen LogP contribution in [-0.4, -0.2) is 35.6 Å². The molecule has 1 saturated heterocycles. The number of ether oxygens (including phenoxy) is 2. The van der Waals surface area contributed by atoms with E-state index >= 15 is 0 Å². The molecule has 4 aliphatic carbocycles. The van der Waals surface area contributed by atoms with Gasteiger partial charge in [0.15, 0.2) is 0 Å². The molecule has 3 nitrogen and oxygen atoms in total. The molecule has 1 spiro atoms. The second-order valence-corrected chi connectivity index (χ2v) is 14.8. The van der Waals surface area contributed by atoms with Gasteiger partial charge in [0.2, 0.25) is 0 Å². The molecule has 3 saturated carbocycles. The van der Waals surface area contributed by atoms with Gasteiger partial charge in [0.25, 0.3) is 0 Å². The molecule has 1 heterocycles. The van der Waals surface area contributed by atoms with Crippen LogP contribution in [0, 0.1) is 45.3 Å². The Morgan fingerprint density at radius 1 is 1.09 bits per heavy atom. The molecule has 35 heavy (non-hydrogen) atoms. The maximum absolute atomic E-state index is 11.0. The van der Waals surface area contributed by atoms with Gasteiger partial charge in [-0.2, -0.15) is 0 Å². The zero-order valence-corrected chi connectivity index (χ0v) is 24.0. The third-order valence-corrected chi connectivity index (χ3v) is 13.1. The molecule has 2 bridgehead atoms. The predicted octanol–water partition coefficient (Wildman–Crippen LogP) is 7.34. The summed E-state index contributed by atoms with van der Waals surface area (Å²) in [5.41, 5.74) is 0.111. The highest BCUT2D eigenvalue weighted by Gasteiger charge is 2.77. The quantitative estimate of drug-likeness (QED) is 0.415. The topological polar surface area (TPSA) is 38.7 Å². The van der Waals surface area contributed by atoms with E-state index in [9.17, 15) is 5.11 Å². The summed E-state index contributed by atoms with van der Waals surface area (Å²) in [6.45, 7) is 18.9. The number of fused-ring (bicyclic) bond motifs is 2. The van der Waals surface area contributed by atoms with E-state index in [1.807, 2.05) is 0 Å². The summed E-state index contributed by atoms with van der Waals surface area (Å²) in [5, 5.41) is 11.0. The standard InChI is InChI=1S/C32H52O3/c1-21(11-10-16-27(3,4)34-9)23-14-17-30(8)24-15-18-32-25(12-13-26(33)28(32,5)6)31(24,22(2)35-32)20-19-29(23,30)7/h10,15-16,18,21-26,33H,11-14,17,19-20H2,1-9H3/b16-10+/t21-,22?,23-,24+,25+,26+,29-,30+,31+,32-/m1/s1. The average Bonchev–Trinajstić information content (AvgIpc) is 3.15. The molecular formula is C32H52O3. The lowest BCUT2D eigenvalue weighted by Gasteiger charge is -2.65. The van der Waals surface area contributed by atoms with Gasteiger partial charge in [-0.15, -0.1) is 0 Å². The summed E-state index contributed by atoms with van der Waals surface area (Å²) in [7, 11) is 1.79. The molecule has 10 atom stereocenters. The van der Waals surface area contributed by atoms with Crippen molar-refractivity contribution in [2.24, 2.45) is 45.3 Å². The Labute approximate surface area is 215 Å². The highest BCUT2D eigenvalue weighted by Crippen LogP contribution is 2.78. The van der Waals surface area contributed by atoms with Crippen LogP contribution in [0.15, 0.2) is 24.3 Å². The number of aliphatic hydroxyl groups is 1. The van der Waals surface area contributed by atoms with Crippen LogP contribution in [0.5, 0.6) is 0 Å². The third-order valence-electron chi connectivity index (χ3n) is 13.1. The van der Waals surface area contributed by atoms with Crippen LogP contribution in [0.3, 0.4) is 0 Å². The lowest BCUT2D eigenvalue weighted by molar-refractivity contribution is -0.170. The van der Waals surface area contributed by atoms with Crippen LogP contribution in [-0.2, 0) is 9.47 Å². The van der Waals surface area contributed by atoms with E-state index in [0.29, 0.717) is 28.6 Å². The minimum Gasteiger partial charge on any atom is -0.392 e. The van der Waals surface area contributed by atoms with Crippen LogP contribution in [0.2, 0.25) is 0 Å². The monoisotopic (exact) mass is 484 g/mol. The molecule has 0 aromatic rings. The molecule has 0 radical (unpaired) electrons. The Morgan fingerprint density at radius 3 is 2.49 bits per heavy atom. The fourth-order valence-corrected chi connectivity index (χ4v) is 10.4. The van der Waals surface area contributed by atoms with E-state index in [0.717, 1.165) is 25.2 Å². The van der Waals surface area contributed by atoms with Crippen molar-refractivity contribution in [1.29, 1.82) is 0 Å². The molecule has 5 aliphatic rings. The van der Waals surface area contributed by atoms with E-state index in [1.54, 1.807) is 7.11 Å².